The number of carbonyl (C=O) groups is 1. The van der Waals surface area contributed by atoms with Crippen LogP contribution in [0.1, 0.15) is 74.3 Å². The van der Waals surface area contributed by atoms with E-state index in [1.165, 1.54) is 0 Å². The molecule has 7 nitrogen and oxygen atoms in total. The lowest BCUT2D eigenvalue weighted by Gasteiger charge is -2.32. The standard InChI is InChI=1S/C24H30N4O3/c1-14-23(15(2)31-27-14)16-7-12-21-20(13-16)26-24(19-5-4-6-22(29)25-19)28(21)17-8-10-18(30-3)11-9-17/h7,12-13,17-19H,4-6,8-11H2,1-3H3,(H,25,29)/t17?,18?,19-/m0/s1. The highest BCUT2D eigenvalue weighted by molar-refractivity contribution is 5.84. The number of nitrogens with one attached hydrogen (secondary N) is 1. The fraction of sp³-hybridized carbons (Fsp3) is 0.542. The molecule has 1 saturated carbocycles. The molecule has 1 aliphatic heterocycles. The van der Waals surface area contributed by atoms with Crippen LogP contribution in [0.4, 0.5) is 0 Å². The first-order valence-electron chi connectivity index (χ1n) is 11.3. The molecule has 1 N–H and O–H groups in total. The van der Waals surface area contributed by atoms with Crippen molar-refractivity contribution in [1.29, 1.82) is 0 Å². The molecule has 2 aromatic heterocycles. The van der Waals surface area contributed by atoms with E-state index in [0.717, 1.165) is 78.0 Å². The lowest BCUT2D eigenvalue weighted by molar-refractivity contribution is -0.123. The van der Waals surface area contributed by atoms with Gasteiger partial charge >= 0.3 is 0 Å². The molecule has 0 spiro atoms. The van der Waals surface area contributed by atoms with Crippen LogP contribution >= 0.6 is 0 Å². The van der Waals surface area contributed by atoms with E-state index in [-0.39, 0.29) is 11.9 Å². The third-order valence-electron chi connectivity index (χ3n) is 6.92. The lowest BCUT2D eigenvalue weighted by Crippen LogP contribution is -2.35. The number of amides is 1. The first-order valence-corrected chi connectivity index (χ1v) is 11.3. The number of fused-ring (bicyclic) bond motifs is 1. The number of ether oxygens (including phenoxy) is 1. The van der Waals surface area contributed by atoms with Gasteiger partial charge in [-0.25, -0.2) is 4.98 Å². The Bertz CT molecular complexity index is 1090. The van der Waals surface area contributed by atoms with Crippen molar-refractivity contribution in [1.82, 2.24) is 20.0 Å². The largest absolute Gasteiger partial charge is 0.381 e. The van der Waals surface area contributed by atoms with Crippen molar-refractivity contribution in [3.8, 4) is 11.1 Å². The van der Waals surface area contributed by atoms with Crippen molar-refractivity contribution >= 4 is 16.9 Å². The number of hydrogen-bond donors (Lipinski definition) is 1. The monoisotopic (exact) mass is 422 g/mol. The van der Waals surface area contributed by atoms with Crippen LogP contribution in [0.3, 0.4) is 0 Å². The van der Waals surface area contributed by atoms with Gasteiger partial charge in [-0.05, 0) is 70.1 Å². The maximum atomic E-state index is 12.1. The number of imidazole rings is 1. The second-order valence-corrected chi connectivity index (χ2v) is 8.92. The van der Waals surface area contributed by atoms with E-state index in [1.807, 2.05) is 13.8 Å². The van der Waals surface area contributed by atoms with Crippen molar-refractivity contribution in [2.45, 2.75) is 77.0 Å². The molecule has 3 heterocycles. The topological polar surface area (TPSA) is 82.2 Å². The van der Waals surface area contributed by atoms with Gasteiger partial charge in [0.15, 0.2) is 0 Å². The summed E-state index contributed by atoms with van der Waals surface area (Å²) >= 11 is 0. The Kier molecular flexibility index (Phi) is 5.30. The number of benzene rings is 1. The highest BCUT2D eigenvalue weighted by Crippen LogP contribution is 2.38. The number of aryl methyl sites for hydroxylation is 2. The molecule has 1 aliphatic carbocycles. The Labute approximate surface area is 182 Å². The fourth-order valence-electron chi connectivity index (χ4n) is 5.34. The Morgan fingerprint density at radius 3 is 2.65 bits per heavy atom. The zero-order chi connectivity index (χ0) is 21.5. The third-order valence-corrected chi connectivity index (χ3v) is 6.92. The van der Waals surface area contributed by atoms with Gasteiger partial charge in [-0.2, -0.15) is 0 Å². The zero-order valence-corrected chi connectivity index (χ0v) is 18.5. The first-order chi connectivity index (χ1) is 15.0. The quantitative estimate of drug-likeness (QED) is 0.654. The number of carbonyl (C=O) groups excluding carboxylic acids is 1. The van der Waals surface area contributed by atoms with Crippen LogP contribution in [0.2, 0.25) is 0 Å². The van der Waals surface area contributed by atoms with Gasteiger partial charge in [-0.1, -0.05) is 11.2 Å². The van der Waals surface area contributed by atoms with Crippen LogP contribution in [-0.4, -0.2) is 33.8 Å². The van der Waals surface area contributed by atoms with Gasteiger partial charge in [0, 0.05) is 25.1 Å². The number of nitrogens with zero attached hydrogens (tertiary/aromatic N) is 3. The molecule has 0 unspecified atom stereocenters. The number of aromatic nitrogens is 3. The molecule has 31 heavy (non-hydrogen) atoms. The van der Waals surface area contributed by atoms with Crippen molar-refractivity contribution in [3.63, 3.8) is 0 Å². The van der Waals surface area contributed by atoms with E-state index in [9.17, 15) is 4.79 Å². The van der Waals surface area contributed by atoms with E-state index in [4.69, 9.17) is 14.2 Å². The minimum Gasteiger partial charge on any atom is -0.381 e. The van der Waals surface area contributed by atoms with Crippen molar-refractivity contribution in [3.05, 3.63) is 35.5 Å². The molecular weight excluding hydrogens is 392 g/mol. The summed E-state index contributed by atoms with van der Waals surface area (Å²) < 4.78 is 13.4. The highest BCUT2D eigenvalue weighted by atomic mass is 16.5. The number of rotatable bonds is 4. The SMILES string of the molecule is COC1CCC(n2c([C@@H]3CCCC(=O)N3)nc3cc(-c4c(C)noc4C)ccc32)CC1. The number of hydrogen-bond acceptors (Lipinski definition) is 5. The molecule has 7 heteroatoms. The molecule has 1 amide bonds. The summed E-state index contributed by atoms with van der Waals surface area (Å²) in [4.78, 5) is 17.2. The molecule has 3 aromatic rings. The van der Waals surface area contributed by atoms with Gasteiger partial charge in [-0.15, -0.1) is 0 Å². The average Bonchev–Trinajstić information content (AvgIpc) is 3.33. The minimum absolute atomic E-state index is 0.0312. The molecule has 164 valence electrons. The van der Waals surface area contributed by atoms with Crippen LogP contribution in [0, 0.1) is 13.8 Å². The summed E-state index contributed by atoms with van der Waals surface area (Å²) in [5.74, 6) is 1.92. The Hall–Kier alpha value is -2.67. The van der Waals surface area contributed by atoms with Crippen LogP contribution in [-0.2, 0) is 9.53 Å². The molecule has 1 saturated heterocycles. The Balaban J connectivity index is 1.60. The zero-order valence-electron chi connectivity index (χ0n) is 18.5. The molecule has 0 radical (unpaired) electrons. The molecule has 1 aromatic carbocycles. The first kappa shape index (κ1) is 20.2. The summed E-state index contributed by atoms with van der Waals surface area (Å²) in [6.45, 7) is 3.90. The maximum Gasteiger partial charge on any atom is 0.220 e. The van der Waals surface area contributed by atoms with Gasteiger partial charge in [0.25, 0.3) is 0 Å². The van der Waals surface area contributed by atoms with E-state index in [1.54, 1.807) is 7.11 Å². The van der Waals surface area contributed by atoms with Crippen LogP contribution in [0.5, 0.6) is 0 Å². The molecule has 0 bridgehead atoms. The van der Waals surface area contributed by atoms with Gasteiger partial charge in [0.05, 0.1) is 28.9 Å². The summed E-state index contributed by atoms with van der Waals surface area (Å²) in [7, 11) is 1.80. The third kappa shape index (κ3) is 3.65. The summed E-state index contributed by atoms with van der Waals surface area (Å²) in [6.07, 6.45) is 7.00. The maximum absolute atomic E-state index is 12.1. The van der Waals surface area contributed by atoms with E-state index in [2.05, 4.69) is 33.2 Å². The summed E-state index contributed by atoms with van der Waals surface area (Å²) in [5, 5.41) is 7.29. The highest BCUT2D eigenvalue weighted by Gasteiger charge is 2.30. The molecular formula is C24H30N4O3. The smallest absolute Gasteiger partial charge is 0.220 e. The Morgan fingerprint density at radius 1 is 1.16 bits per heavy atom. The number of piperidine rings is 1. The predicted molar refractivity (Wildman–Crippen MR) is 118 cm³/mol. The minimum atomic E-state index is -0.0312. The second-order valence-electron chi connectivity index (χ2n) is 8.92. The fourth-order valence-corrected chi connectivity index (χ4v) is 5.34. The van der Waals surface area contributed by atoms with Crippen molar-refractivity contribution < 1.29 is 14.1 Å². The lowest BCUT2D eigenvalue weighted by atomic mass is 9.92. The average molecular weight is 423 g/mol. The van der Waals surface area contributed by atoms with Crippen LogP contribution in [0.15, 0.2) is 22.7 Å². The van der Waals surface area contributed by atoms with E-state index >= 15 is 0 Å². The summed E-state index contributed by atoms with van der Waals surface area (Å²) in [5.41, 5.74) is 5.07. The van der Waals surface area contributed by atoms with Crippen molar-refractivity contribution in [2.24, 2.45) is 0 Å². The van der Waals surface area contributed by atoms with Gasteiger partial charge < -0.3 is 19.1 Å². The van der Waals surface area contributed by atoms with Crippen LogP contribution in [0.25, 0.3) is 22.2 Å². The van der Waals surface area contributed by atoms with Crippen molar-refractivity contribution in [2.75, 3.05) is 7.11 Å². The predicted octanol–water partition coefficient (Wildman–Crippen LogP) is 4.78. The summed E-state index contributed by atoms with van der Waals surface area (Å²) in [6, 6.07) is 6.77. The second kappa shape index (κ2) is 8.11. The normalized spacial score (nSPS) is 24.5. The molecule has 1 atom stereocenters. The molecule has 2 aliphatic rings. The van der Waals surface area contributed by atoms with Gasteiger partial charge in [0.2, 0.25) is 5.91 Å². The molecule has 5 rings (SSSR count). The Morgan fingerprint density at radius 2 is 1.97 bits per heavy atom. The van der Waals surface area contributed by atoms with E-state index in [0.29, 0.717) is 18.6 Å². The van der Waals surface area contributed by atoms with Gasteiger partial charge in [-0.3, -0.25) is 4.79 Å². The van der Waals surface area contributed by atoms with Gasteiger partial charge in [0.1, 0.15) is 11.6 Å². The van der Waals surface area contributed by atoms with Crippen LogP contribution < -0.4 is 5.32 Å². The molecule has 2 fully saturated rings. The number of methoxy groups -OCH3 is 1. The van der Waals surface area contributed by atoms with E-state index < -0.39 is 0 Å².